The molecule has 0 bridgehead atoms. The fraction of sp³-hybridized carbons (Fsp3) is 0.700. The van der Waals surface area contributed by atoms with Gasteiger partial charge in [0.2, 0.25) is 0 Å². The van der Waals surface area contributed by atoms with Gasteiger partial charge >= 0.3 is 0 Å². The maximum Gasteiger partial charge on any atom is 0.109 e. The standard InChI is InChI=1S/C10H17N3/c1-7-6-12-10(13-7)8-2-4-9(11)5-3-8/h6,8-9H,2-5,11H2,1H3,(H,12,13). The Labute approximate surface area is 78.7 Å². The molecule has 0 aliphatic heterocycles. The quantitative estimate of drug-likeness (QED) is 0.689. The van der Waals surface area contributed by atoms with Crippen molar-refractivity contribution < 1.29 is 0 Å². The van der Waals surface area contributed by atoms with Crippen molar-refractivity contribution in [1.82, 2.24) is 9.97 Å². The molecule has 0 amide bonds. The number of imidazole rings is 1. The van der Waals surface area contributed by atoms with Gasteiger partial charge in [0, 0.05) is 23.9 Å². The average Bonchev–Trinajstić information content (AvgIpc) is 2.53. The number of H-pyrrole nitrogens is 1. The molecule has 1 fully saturated rings. The summed E-state index contributed by atoms with van der Waals surface area (Å²) in [6.07, 6.45) is 6.57. The van der Waals surface area contributed by atoms with Crippen LogP contribution in [0.2, 0.25) is 0 Å². The van der Waals surface area contributed by atoms with Gasteiger partial charge in [0.15, 0.2) is 0 Å². The van der Waals surface area contributed by atoms with Crippen molar-refractivity contribution in [3.05, 3.63) is 17.7 Å². The van der Waals surface area contributed by atoms with E-state index in [1.54, 1.807) is 0 Å². The number of aryl methyl sites for hydroxylation is 1. The predicted octanol–water partition coefficient (Wildman–Crippen LogP) is 1.70. The summed E-state index contributed by atoms with van der Waals surface area (Å²) in [4.78, 5) is 7.68. The summed E-state index contributed by atoms with van der Waals surface area (Å²) in [5, 5.41) is 0. The highest BCUT2D eigenvalue weighted by Gasteiger charge is 2.21. The zero-order valence-corrected chi connectivity index (χ0v) is 8.09. The normalized spacial score (nSPS) is 29.1. The molecule has 1 aliphatic carbocycles. The van der Waals surface area contributed by atoms with E-state index in [9.17, 15) is 0 Å². The molecule has 1 heterocycles. The first-order valence-corrected chi connectivity index (χ1v) is 5.03. The van der Waals surface area contributed by atoms with E-state index in [0.717, 1.165) is 24.4 Å². The van der Waals surface area contributed by atoms with Crippen molar-refractivity contribution in [2.45, 2.75) is 44.6 Å². The lowest BCUT2D eigenvalue weighted by molar-refractivity contribution is 0.386. The molecule has 1 aliphatic rings. The minimum Gasteiger partial charge on any atom is -0.346 e. The van der Waals surface area contributed by atoms with Crippen LogP contribution in [-0.4, -0.2) is 16.0 Å². The molecule has 0 radical (unpaired) electrons. The third-order valence-electron chi connectivity index (χ3n) is 2.88. The summed E-state index contributed by atoms with van der Waals surface area (Å²) in [5.41, 5.74) is 7.01. The van der Waals surface area contributed by atoms with Crippen molar-refractivity contribution in [3.63, 3.8) is 0 Å². The van der Waals surface area contributed by atoms with Gasteiger partial charge in [-0.15, -0.1) is 0 Å². The molecule has 1 saturated carbocycles. The second-order valence-corrected chi connectivity index (χ2v) is 4.06. The molecule has 3 heteroatoms. The Kier molecular flexibility index (Phi) is 2.36. The van der Waals surface area contributed by atoms with Crippen LogP contribution in [0, 0.1) is 6.92 Å². The van der Waals surface area contributed by atoms with Gasteiger partial charge in [0.05, 0.1) is 0 Å². The number of hydrogen-bond acceptors (Lipinski definition) is 2. The lowest BCUT2D eigenvalue weighted by Gasteiger charge is -2.24. The van der Waals surface area contributed by atoms with E-state index >= 15 is 0 Å². The molecule has 3 nitrogen and oxygen atoms in total. The van der Waals surface area contributed by atoms with Gasteiger partial charge in [-0.2, -0.15) is 0 Å². The van der Waals surface area contributed by atoms with Gasteiger partial charge in [-0.3, -0.25) is 0 Å². The highest BCUT2D eigenvalue weighted by Crippen LogP contribution is 2.30. The third kappa shape index (κ3) is 1.91. The van der Waals surface area contributed by atoms with Crippen LogP contribution in [0.4, 0.5) is 0 Å². The molecule has 3 N–H and O–H groups in total. The first-order valence-electron chi connectivity index (χ1n) is 5.03. The minimum absolute atomic E-state index is 0.423. The Balaban J connectivity index is 2.02. The van der Waals surface area contributed by atoms with Gasteiger partial charge in [-0.05, 0) is 32.6 Å². The molecule has 0 saturated heterocycles. The van der Waals surface area contributed by atoms with Crippen LogP contribution in [-0.2, 0) is 0 Å². The summed E-state index contributed by atoms with van der Waals surface area (Å²) in [6.45, 7) is 2.05. The number of aromatic nitrogens is 2. The van der Waals surface area contributed by atoms with Crippen molar-refractivity contribution in [2.75, 3.05) is 0 Å². The van der Waals surface area contributed by atoms with Crippen molar-refractivity contribution in [3.8, 4) is 0 Å². The number of nitrogens with one attached hydrogen (secondary N) is 1. The van der Waals surface area contributed by atoms with Crippen LogP contribution in [0.25, 0.3) is 0 Å². The number of rotatable bonds is 1. The fourth-order valence-electron chi connectivity index (χ4n) is 2.03. The van der Waals surface area contributed by atoms with Crippen LogP contribution >= 0.6 is 0 Å². The number of nitrogens with zero attached hydrogens (tertiary/aromatic N) is 1. The number of nitrogens with two attached hydrogens (primary N) is 1. The largest absolute Gasteiger partial charge is 0.346 e. The van der Waals surface area contributed by atoms with Crippen molar-refractivity contribution >= 4 is 0 Å². The molecule has 0 aromatic carbocycles. The third-order valence-corrected chi connectivity index (χ3v) is 2.88. The molecule has 1 aromatic heterocycles. The average molecular weight is 179 g/mol. The van der Waals surface area contributed by atoms with Crippen LogP contribution in [0.5, 0.6) is 0 Å². The minimum atomic E-state index is 0.423. The Morgan fingerprint density at radius 2 is 2.08 bits per heavy atom. The van der Waals surface area contributed by atoms with E-state index in [4.69, 9.17) is 5.73 Å². The maximum atomic E-state index is 5.85. The van der Waals surface area contributed by atoms with Crippen molar-refractivity contribution in [2.24, 2.45) is 5.73 Å². The van der Waals surface area contributed by atoms with Gasteiger partial charge in [0.25, 0.3) is 0 Å². The monoisotopic (exact) mass is 179 g/mol. The second kappa shape index (κ2) is 3.50. The lowest BCUT2D eigenvalue weighted by atomic mass is 9.86. The molecule has 2 rings (SSSR count). The van der Waals surface area contributed by atoms with E-state index in [2.05, 4.69) is 9.97 Å². The van der Waals surface area contributed by atoms with Gasteiger partial charge < -0.3 is 10.7 Å². The predicted molar refractivity (Wildman–Crippen MR) is 52.5 cm³/mol. The summed E-state index contributed by atoms with van der Waals surface area (Å²) in [5.74, 6) is 1.78. The number of aromatic amines is 1. The van der Waals surface area contributed by atoms with Crippen LogP contribution < -0.4 is 5.73 Å². The summed E-state index contributed by atoms with van der Waals surface area (Å²) < 4.78 is 0. The van der Waals surface area contributed by atoms with Gasteiger partial charge in [-0.1, -0.05) is 0 Å². The van der Waals surface area contributed by atoms with Crippen molar-refractivity contribution in [1.29, 1.82) is 0 Å². The first-order chi connectivity index (χ1) is 6.25. The molecule has 13 heavy (non-hydrogen) atoms. The maximum absolute atomic E-state index is 5.85. The van der Waals surface area contributed by atoms with E-state index in [0.29, 0.717) is 12.0 Å². The van der Waals surface area contributed by atoms with E-state index < -0.39 is 0 Å². The van der Waals surface area contributed by atoms with E-state index in [1.165, 1.54) is 12.8 Å². The summed E-state index contributed by atoms with van der Waals surface area (Å²) in [6, 6.07) is 0.423. The van der Waals surface area contributed by atoms with Crippen LogP contribution in [0.3, 0.4) is 0 Å². The highest BCUT2D eigenvalue weighted by atomic mass is 14.9. The Bertz CT molecular complexity index is 271. The van der Waals surface area contributed by atoms with E-state index in [1.807, 2.05) is 13.1 Å². The van der Waals surface area contributed by atoms with Crippen LogP contribution in [0.15, 0.2) is 6.20 Å². The molecule has 0 atom stereocenters. The molecule has 0 spiro atoms. The highest BCUT2D eigenvalue weighted by molar-refractivity contribution is 5.05. The smallest absolute Gasteiger partial charge is 0.109 e. The zero-order chi connectivity index (χ0) is 9.26. The van der Waals surface area contributed by atoms with Gasteiger partial charge in [-0.25, -0.2) is 4.98 Å². The Morgan fingerprint density at radius 3 is 2.62 bits per heavy atom. The Hall–Kier alpha value is -0.830. The summed E-state index contributed by atoms with van der Waals surface area (Å²) >= 11 is 0. The fourth-order valence-corrected chi connectivity index (χ4v) is 2.03. The second-order valence-electron chi connectivity index (χ2n) is 4.06. The molecular weight excluding hydrogens is 162 g/mol. The SMILES string of the molecule is Cc1cnc(C2CCC(N)CC2)[nH]1. The first kappa shape index (κ1) is 8.75. The zero-order valence-electron chi connectivity index (χ0n) is 8.09. The lowest BCUT2D eigenvalue weighted by Crippen LogP contribution is -2.26. The molecule has 0 unspecified atom stereocenters. The van der Waals surface area contributed by atoms with E-state index in [-0.39, 0.29) is 0 Å². The molecule has 72 valence electrons. The molecule has 1 aromatic rings. The molecular formula is C10H17N3. The Morgan fingerprint density at radius 1 is 1.38 bits per heavy atom. The topological polar surface area (TPSA) is 54.7 Å². The number of hydrogen-bond donors (Lipinski definition) is 2. The van der Waals surface area contributed by atoms with Crippen LogP contribution in [0.1, 0.15) is 43.1 Å². The van der Waals surface area contributed by atoms with Gasteiger partial charge in [0.1, 0.15) is 5.82 Å². The summed E-state index contributed by atoms with van der Waals surface area (Å²) in [7, 11) is 0.